The van der Waals surface area contributed by atoms with Gasteiger partial charge in [0, 0.05) is 13.0 Å². The van der Waals surface area contributed by atoms with Crippen LogP contribution >= 0.6 is 0 Å². The van der Waals surface area contributed by atoms with Crippen molar-refractivity contribution in [3.8, 4) is 5.75 Å². The second-order valence-electron chi connectivity index (χ2n) is 5.27. The van der Waals surface area contributed by atoms with E-state index >= 15 is 0 Å². The number of ether oxygens (including phenoxy) is 3. The van der Waals surface area contributed by atoms with E-state index in [0.717, 1.165) is 12.8 Å². The third-order valence-electron chi connectivity index (χ3n) is 3.92. The Kier molecular flexibility index (Phi) is 3.88. The Hall–Kier alpha value is -1.60. The molecule has 1 amide bonds. The minimum absolute atomic E-state index is 0.0510. The van der Waals surface area contributed by atoms with Crippen LogP contribution in [0.2, 0.25) is 0 Å². The largest absolute Gasteiger partial charge is 0.482 e. The van der Waals surface area contributed by atoms with Crippen LogP contribution in [0.1, 0.15) is 12.8 Å². The third kappa shape index (κ3) is 2.78. The van der Waals surface area contributed by atoms with Crippen molar-refractivity contribution in [2.24, 2.45) is 5.92 Å². The van der Waals surface area contributed by atoms with Gasteiger partial charge in [0.25, 0.3) is 0 Å². The van der Waals surface area contributed by atoms with Crippen LogP contribution in [-0.2, 0) is 14.3 Å². The Labute approximate surface area is 117 Å². The highest BCUT2D eigenvalue weighted by atomic mass is 16.5. The maximum absolute atomic E-state index is 12.1. The zero-order valence-electron chi connectivity index (χ0n) is 11.4. The van der Waals surface area contributed by atoms with Crippen molar-refractivity contribution in [3.63, 3.8) is 0 Å². The van der Waals surface area contributed by atoms with Crippen molar-refractivity contribution in [1.29, 1.82) is 0 Å². The summed E-state index contributed by atoms with van der Waals surface area (Å²) in [5, 5.41) is 9.53. The van der Waals surface area contributed by atoms with E-state index in [0.29, 0.717) is 19.0 Å². The molecule has 1 aliphatic heterocycles. The molecule has 2 heterocycles. The summed E-state index contributed by atoms with van der Waals surface area (Å²) < 4.78 is 16.3. The molecule has 7 heteroatoms. The fraction of sp³-hybridized carbons (Fsp3) is 0.692. The number of amides is 1. The van der Waals surface area contributed by atoms with Gasteiger partial charge >= 0.3 is 0 Å². The van der Waals surface area contributed by atoms with Gasteiger partial charge in [0.05, 0.1) is 37.8 Å². The van der Waals surface area contributed by atoms with E-state index in [2.05, 4.69) is 15.5 Å². The molecule has 0 radical (unpaired) electrons. The Bertz CT molecular complexity index is 444. The van der Waals surface area contributed by atoms with Gasteiger partial charge in [-0.1, -0.05) is 0 Å². The van der Waals surface area contributed by atoms with Crippen LogP contribution < -0.4 is 10.1 Å². The van der Waals surface area contributed by atoms with E-state index < -0.39 is 0 Å². The zero-order valence-corrected chi connectivity index (χ0v) is 11.4. The maximum atomic E-state index is 12.1. The van der Waals surface area contributed by atoms with Gasteiger partial charge in [0.1, 0.15) is 6.10 Å². The Balaban J connectivity index is 1.50. The molecule has 1 saturated heterocycles. The summed E-state index contributed by atoms with van der Waals surface area (Å²) in [6.45, 7) is 0.955. The highest BCUT2D eigenvalue weighted by Crippen LogP contribution is 2.30. The van der Waals surface area contributed by atoms with Crippen LogP contribution in [0.5, 0.6) is 5.75 Å². The average Bonchev–Trinajstić information content (AvgIpc) is 3.01. The predicted octanol–water partition coefficient (Wildman–Crippen LogP) is 0.0971. The van der Waals surface area contributed by atoms with Crippen LogP contribution in [0.4, 0.5) is 0 Å². The average molecular weight is 281 g/mol. The Morgan fingerprint density at radius 2 is 2.35 bits per heavy atom. The fourth-order valence-electron chi connectivity index (χ4n) is 2.54. The minimum atomic E-state index is -0.171. The molecular weight excluding hydrogens is 262 g/mol. The molecule has 3 rings (SSSR count). The summed E-state index contributed by atoms with van der Waals surface area (Å²) in [4.78, 5) is 12.1. The van der Waals surface area contributed by atoms with Gasteiger partial charge in [-0.2, -0.15) is 5.10 Å². The molecule has 1 aromatic rings. The number of H-pyrrole nitrogens is 1. The SMILES string of the molecule is COC1CC(C(=O)N[C@H]2COC[C@H]2Oc2cn[nH]c2)C1. The predicted molar refractivity (Wildman–Crippen MR) is 69.3 cm³/mol. The van der Waals surface area contributed by atoms with Gasteiger partial charge < -0.3 is 19.5 Å². The van der Waals surface area contributed by atoms with Crippen molar-refractivity contribution in [2.45, 2.75) is 31.1 Å². The van der Waals surface area contributed by atoms with E-state index in [1.165, 1.54) is 0 Å². The van der Waals surface area contributed by atoms with Crippen molar-refractivity contribution >= 4 is 5.91 Å². The quantitative estimate of drug-likeness (QED) is 0.799. The fourth-order valence-corrected chi connectivity index (χ4v) is 2.54. The van der Waals surface area contributed by atoms with E-state index in [9.17, 15) is 4.79 Å². The van der Waals surface area contributed by atoms with Gasteiger partial charge in [-0.15, -0.1) is 0 Å². The smallest absolute Gasteiger partial charge is 0.223 e. The first-order chi connectivity index (χ1) is 9.76. The lowest BCUT2D eigenvalue weighted by Crippen LogP contribution is -2.50. The summed E-state index contributed by atoms with van der Waals surface area (Å²) in [6, 6.07) is -0.112. The molecule has 0 spiro atoms. The van der Waals surface area contributed by atoms with Crippen LogP contribution in [-0.4, -0.2) is 54.7 Å². The van der Waals surface area contributed by atoms with Gasteiger partial charge in [-0.3, -0.25) is 9.89 Å². The van der Waals surface area contributed by atoms with Gasteiger partial charge in [-0.05, 0) is 12.8 Å². The normalized spacial score (nSPS) is 32.6. The van der Waals surface area contributed by atoms with Crippen molar-refractivity contribution in [1.82, 2.24) is 15.5 Å². The molecule has 20 heavy (non-hydrogen) atoms. The van der Waals surface area contributed by atoms with E-state index in [4.69, 9.17) is 14.2 Å². The molecule has 0 aromatic carbocycles. The van der Waals surface area contributed by atoms with E-state index in [1.807, 2.05) is 0 Å². The Morgan fingerprint density at radius 3 is 3.05 bits per heavy atom. The number of methoxy groups -OCH3 is 1. The molecular formula is C13H19N3O4. The van der Waals surface area contributed by atoms with Crippen LogP contribution in [0.25, 0.3) is 0 Å². The maximum Gasteiger partial charge on any atom is 0.223 e. The summed E-state index contributed by atoms with van der Waals surface area (Å²) in [5.74, 6) is 0.771. The van der Waals surface area contributed by atoms with Gasteiger partial charge in [0.15, 0.2) is 5.75 Å². The Morgan fingerprint density at radius 1 is 1.50 bits per heavy atom. The molecule has 110 valence electrons. The number of nitrogens with one attached hydrogen (secondary N) is 2. The number of hydrogen-bond donors (Lipinski definition) is 2. The monoisotopic (exact) mass is 281 g/mol. The topological polar surface area (TPSA) is 85.5 Å². The van der Waals surface area contributed by atoms with Crippen LogP contribution in [0.3, 0.4) is 0 Å². The molecule has 1 aromatic heterocycles. The standard InChI is InChI=1S/C13H19N3O4/c1-18-9-2-8(3-9)13(17)16-11-6-19-7-12(11)20-10-4-14-15-5-10/h4-5,8-9,11-12H,2-3,6-7H2,1H3,(H,14,15)(H,16,17)/t8?,9?,11-,12+/m0/s1. The lowest BCUT2D eigenvalue weighted by Gasteiger charge is -2.34. The first kappa shape index (κ1) is 13.4. The molecule has 0 unspecified atom stereocenters. The molecule has 7 nitrogen and oxygen atoms in total. The van der Waals surface area contributed by atoms with Crippen LogP contribution in [0.15, 0.2) is 12.4 Å². The zero-order chi connectivity index (χ0) is 13.9. The number of rotatable bonds is 5. The molecule has 2 fully saturated rings. The molecule has 2 atom stereocenters. The number of nitrogens with zero attached hydrogens (tertiary/aromatic N) is 1. The number of aromatic nitrogens is 2. The lowest BCUT2D eigenvalue weighted by molar-refractivity contribution is -0.133. The van der Waals surface area contributed by atoms with Crippen molar-refractivity contribution in [3.05, 3.63) is 12.4 Å². The highest BCUT2D eigenvalue weighted by Gasteiger charge is 2.38. The molecule has 0 bridgehead atoms. The molecule has 1 saturated carbocycles. The minimum Gasteiger partial charge on any atom is -0.482 e. The lowest BCUT2D eigenvalue weighted by atomic mass is 9.81. The number of aromatic amines is 1. The third-order valence-corrected chi connectivity index (χ3v) is 3.92. The summed E-state index contributed by atoms with van der Waals surface area (Å²) in [5.41, 5.74) is 0. The van der Waals surface area contributed by atoms with Gasteiger partial charge in [-0.25, -0.2) is 0 Å². The van der Waals surface area contributed by atoms with Gasteiger partial charge in [0.2, 0.25) is 5.91 Å². The second kappa shape index (κ2) is 5.80. The van der Waals surface area contributed by atoms with E-state index in [-0.39, 0.29) is 30.1 Å². The summed E-state index contributed by atoms with van der Waals surface area (Å²) >= 11 is 0. The first-order valence-electron chi connectivity index (χ1n) is 6.82. The second-order valence-corrected chi connectivity index (χ2v) is 5.27. The summed E-state index contributed by atoms with van der Waals surface area (Å²) in [7, 11) is 1.68. The van der Waals surface area contributed by atoms with Crippen molar-refractivity contribution in [2.75, 3.05) is 20.3 Å². The molecule has 1 aliphatic carbocycles. The van der Waals surface area contributed by atoms with E-state index in [1.54, 1.807) is 19.5 Å². The highest BCUT2D eigenvalue weighted by molar-refractivity contribution is 5.80. The summed E-state index contributed by atoms with van der Waals surface area (Å²) in [6.07, 6.45) is 4.92. The number of hydrogen-bond acceptors (Lipinski definition) is 5. The van der Waals surface area contributed by atoms with Crippen molar-refractivity contribution < 1.29 is 19.0 Å². The molecule has 2 aliphatic rings. The van der Waals surface area contributed by atoms with Crippen LogP contribution in [0, 0.1) is 5.92 Å². The first-order valence-corrected chi connectivity index (χ1v) is 6.82. The number of carbonyl (C=O) groups excluding carboxylic acids is 1. The molecule has 2 N–H and O–H groups in total. The number of carbonyl (C=O) groups is 1.